The highest BCUT2D eigenvalue weighted by Crippen LogP contribution is 2.23. The molecular formula is C25H26FN3O3. The van der Waals surface area contributed by atoms with E-state index >= 15 is 0 Å². The summed E-state index contributed by atoms with van der Waals surface area (Å²) in [6, 6.07) is 15.6. The molecule has 166 valence electrons. The standard InChI is InChI=1S/C25H26FN3O3/c26-20-10-8-19(9-11-20)24-28-22-13-7-17(6-12-21(22)25(31)29-24)14-27-23(30)16-32-15-18-4-2-1-3-5-18/h1-5,8-11,17H,6-7,12-16H2,(H,27,30)(H,28,29,31). The van der Waals surface area contributed by atoms with Crippen LogP contribution in [0.5, 0.6) is 0 Å². The summed E-state index contributed by atoms with van der Waals surface area (Å²) in [5, 5.41) is 2.94. The molecule has 1 unspecified atom stereocenters. The first-order valence-corrected chi connectivity index (χ1v) is 10.8. The fraction of sp³-hybridized carbons (Fsp3) is 0.320. The van der Waals surface area contributed by atoms with Gasteiger partial charge in [0.2, 0.25) is 5.91 Å². The third-order valence-electron chi connectivity index (χ3n) is 5.74. The Kier molecular flexibility index (Phi) is 7.07. The second-order valence-electron chi connectivity index (χ2n) is 8.07. The van der Waals surface area contributed by atoms with E-state index in [2.05, 4.69) is 15.3 Å². The van der Waals surface area contributed by atoms with Crippen LogP contribution in [0.25, 0.3) is 11.4 Å². The molecule has 0 fully saturated rings. The number of hydrogen-bond donors (Lipinski definition) is 2. The highest BCUT2D eigenvalue weighted by molar-refractivity contribution is 5.77. The largest absolute Gasteiger partial charge is 0.367 e. The van der Waals surface area contributed by atoms with Gasteiger partial charge in [-0.2, -0.15) is 0 Å². The van der Waals surface area contributed by atoms with Gasteiger partial charge in [-0.05, 0) is 61.4 Å². The van der Waals surface area contributed by atoms with Crippen molar-refractivity contribution in [2.75, 3.05) is 13.2 Å². The van der Waals surface area contributed by atoms with E-state index in [0.717, 1.165) is 24.1 Å². The lowest BCUT2D eigenvalue weighted by molar-refractivity contribution is -0.126. The van der Waals surface area contributed by atoms with Gasteiger partial charge in [-0.25, -0.2) is 9.37 Å². The number of H-pyrrole nitrogens is 1. The molecule has 2 N–H and O–H groups in total. The average Bonchev–Trinajstić information content (AvgIpc) is 3.02. The molecule has 0 saturated carbocycles. The van der Waals surface area contributed by atoms with Crippen LogP contribution in [-0.4, -0.2) is 29.0 Å². The van der Waals surface area contributed by atoms with Crippen LogP contribution >= 0.6 is 0 Å². The van der Waals surface area contributed by atoms with Crippen LogP contribution in [0.4, 0.5) is 4.39 Å². The van der Waals surface area contributed by atoms with Crippen LogP contribution in [-0.2, 0) is 29.0 Å². The van der Waals surface area contributed by atoms with E-state index in [0.29, 0.717) is 42.9 Å². The highest BCUT2D eigenvalue weighted by Gasteiger charge is 2.21. The molecule has 0 saturated heterocycles. The fourth-order valence-corrected chi connectivity index (χ4v) is 3.94. The second-order valence-corrected chi connectivity index (χ2v) is 8.07. The summed E-state index contributed by atoms with van der Waals surface area (Å²) in [5.41, 5.74) is 3.05. The first-order chi connectivity index (χ1) is 15.6. The van der Waals surface area contributed by atoms with Crippen molar-refractivity contribution in [2.24, 2.45) is 5.92 Å². The Labute approximate surface area is 185 Å². The summed E-state index contributed by atoms with van der Waals surface area (Å²) in [5.74, 6) is 0.241. The fourth-order valence-electron chi connectivity index (χ4n) is 3.94. The molecule has 0 spiro atoms. The molecule has 3 aromatic rings. The van der Waals surface area contributed by atoms with Crippen LogP contribution in [0.15, 0.2) is 59.4 Å². The van der Waals surface area contributed by atoms with Crippen molar-refractivity contribution in [1.82, 2.24) is 15.3 Å². The van der Waals surface area contributed by atoms with Gasteiger partial charge >= 0.3 is 0 Å². The second kappa shape index (κ2) is 10.3. The van der Waals surface area contributed by atoms with Gasteiger partial charge in [0.05, 0.1) is 12.3 Å². The third-order valence-corrected chi connectivity index (χ3v) is 5.74. The SMILES string of the molecule is O=C(COCc1ccccc1)NCC1CCc2nc(-c3ccc(F)cc3)[nH]c(=O)c2CC1. The van der Waals surface area contributed by atoms with Gasteiger partial charge in [0.1, 0.15) is 18.2 Å². The lowest BCUT2D eigenvalue weighted by Crippen LogP contribution is -2.32. The summed E-state index contributed by atoms with van der Waals surface area (Å²) >= 11 is 0. The number of ether oxygens (including phenoxy) is 1. The van der Waals surface area contributed by atoms with Crippen LogP contribution in [0.3, 0.4) is 0 Å². The van der Waals surface area contributed by atoms with E-state index < -0.39 is 0 Å². The minimum absolute atomic E-state index is 0.0179. The molecule has 6 nitrogen and oxygen atoms in total. The zero-order chi connectivity index (χ0) is 22.3. The number of aryl methyl sites for hydroxylation is 1. The predicted octanol–water partition coefficient (Wildman–Crippen LogP) is 3.40. The third kappa shape index (κ3) is 5.68. The van der Waals surface area contributed by atoms with E-state index in [1.54, 1.807) is 12.1 Å². The number of fused-ring (bicyclic) bond motifs is 1. The monoisotopic (exact) mass is 435 g/mol. The predicted molar refractivity (Wildman–Crippen MR) is 119 cm³/mol. The molecule has 2 aromatic carbocycles. The van der Waals surface area contributed by atoms with E-state index in [9.17, 15) is 14.0 Å². The summed E-state index contributed by atoms with van der Waals surface area (Å²) in [7, 11) is 0. The molecular weight excluding hydrogens is 409 g/mol. The highest BCUT2D eigenvalue weighted by atomic mass is 19.1. The number of halogens is 1. The molecule has 0 radical (unpaired) electrons. The minimum Gasteiger partial charge on any atom is -0.367 e. The molecule has 0 bridgehead atoms. The van der Waals surface area contributed by atoms with Gasteiger partial charge in [-0.15, -0.1) is 0 Å². The maximum atomic E-state index is 13.2. The van der Waals surface area contributed by atoms with Gasteiger partial charge in [-0.3, -0.25) is 9.59 Å². The average molecular weight is 435 g/mol. The van der Waals surface area contributed by atoms with E-state index in [1.807, 2.05) is 30.3 Å². The minimum atomic E-state index is -0.332. The molecule has 32 heavy (non-hydrogen) atoms. The first-order valence-electron chi connectivity index (χ1n) is 10.8. The van der Waals surface area contributed by atoms with Crippen molar-refractivity contribution in [1.29, 1.82) is 0 Å². The Morgan fingerprint density at radius 2 is 1.84 bits per heavy atom. The number of hydrogen-bond acceptors (Lipinski definition) is 4. The Morgan fingerprint density at radius 3 is 2.62 bits per heavy atom. The number of carbonyl (C=O) groups is 1. The number of amides is 1. The van der Waals surface area contributed by atoms with E-state index in [-0.39, 0.29) is 29.8 Å². The first kappa shape index (κ1) is 21.9. The molecule has 0 aliphatic heterocycles. The van der Waals surface area contributed by atoms with Crippen LogP contribution < -0.4 is 10.9 Å². The van der Waals surface area contributed by atoms with Crippen molar-refractivity contribution < 1.29 is 13.9 Å². The lowest BCUT2D eigenvalue weighted by atomic mass is 10.00. The number of benzene rings is 2. The zero-order valence-electron chi connectivity index (χ0n) is 17.8. The van der Waals surface area contributed by atoms with Crippen molar-refractivity contribution in [3.8, 4) is 11.4 Å². The van der Waals surface area contributed by atoms with Gasteiger partial charge < -0.3 is 15.0 Å². The van der Waals surface area contributed by atoms with Crippen LogP contribution in [0.2, 0.25) is 0 Å². The number of nitrogens with zero attached hydrogens (tertiary/aromatic N) is 1. The molecule has 1 aliphatic rings. The number of nitrogens with one attached hydrogen (secondary N) is 2. The maximum Gasteiger partial charge on any atom is 0.254 e. The smallest absolute Gasteiger partial charge is 0.254 e. The van der Waals surface area contributed by atoms with Crippen LogP contribution in [0, 0.1) is 11.7 Å². The molecule has 1 aromatic heterocycles. The number of rotatable bonds is 7. The molecule has 1 atom stereocenters. The normalized spacial score (nSPS) is 15.6. The van der Waals surface area contributed by atoms with Crippen molar-refractivity contribution >= 4 is 5.91 Å². The summed E-state index contributed by atoms with van der Waals surface area (Å²) in [6.45, 7) is 0.964. The Balaban J connectivity index is 1.30. The van der Waals surface area contributed by atoms with E-state index in [4.69, 9.17) is 4.74 Å². The van der Waals surface area contributed by atoms with Gasteiger partial charge in [0, 0.05) is 17.7 Å². The van der Waals surface area contributed by atoms with E-state index in [1.165, 1.54) is 12.1 Å². The van der Waals surface area contributed by atoms with Crippen molar-refractivity contribution in [2.45, 2.75) is 32.3 Å². The Bertz CT molecular complexity index is 1110. The molecule has 1 aliphatic carbocycles. The Hall–Kier alpha value is -3.32. The Morgan fingerprint density at radius 1 is 1.09 bits per heavy atom. The molecule has 4 rings (SSSR count). The summed E-state index contributed by atoms with van der Waals surface area (Å²) in [6.07, 6.45) is 2.92. The van der Waals surface area contributed by atoms with Crippen molar-refractivity contribution in [3.05, 3.63) is 87.6 Å². The molecule has 1 amide bonds. The molecule has 1 heterocycles. The summed E-state index contributed by atoms with van der Waals surface area (Å²) in [4.78, 5) is 32.2. The quantitative estimate of drug-likeness (QED) is 0.557. The zero-order valence-corrected chi connectivity index (χ0v) is 17.8. The van der Waals surface area contributed by atoms with Crippen molar-refractivity contribution in [3.63, 3.8) is 0 Å². The number of carbonyl (C=O) groups excluding carboxylic acids is 1. The van der Waals surface area contributed by atoms with Gasteiger partial charge in [0.15, 0.2) is 0 Å². The maximum absolute atomic E-state index is 13.2. The topological polar surface area (TPSA) is 84.1 Å². The van der Waals surface area contributed by atoms with Gasteiger partial charge in [0.25, 0.3) is 5.56 Å². The number of aromatic amines is 1. The van der Waals surface area contributed by atoms with Crippen LogP contribution in [0.1, 0.15) is 29.7 Å². The van der Waals surface area contributed by atoms with Gasteiger partial charge in [-0.1, -0.05) is 30.3 Å². The summed E-state index contributed by atoms with van der Waals surface area (Å²) < 4.78 is 18.7. The number of aromatic nitrogens is 2. The lowest BCUT2D eigenvalue weighted by Gasteiger charge is -2.14. The molecule has 7 heteroatoms.